The Labute approximate surface area is 86.4 Å². The van der Waals surface area contributed by atoms with Gasteiger partial charge in [0.1, 0.15) is 6.61 Å². The molecule has 0 saturated heterocycles. The van der Waals surface area contributed by atoms with Crippen molar-refractivity contribution in [2.45, 2.75) is 32.7 Å². The Hall–Kier alpha value is -0.410. The average molecular weight is 199 g/mol. The van der Waals surface area contributed by atoms with E-state index in [1.165, 1.54) is 12.8 Å². The minimum absolute atomic E-state index is 0.182. The van der Waals surface area contributed by atoms with Crippen molar-refractivity contribution in [2.75, 3.05) is 26.8 Å². The van der Waals surface area contributed by atoms with Gasteiger partial charge in [0.2, 0.25) is 0 Å². The Balaban J connectivity index is 2.29. The molecular formula is C11H21NO2. The summed E-state index contributed by atoms with van der Waals surface area (Å²) in [4.78, 5) is 13.6. The third-order valence-corrected chi connectivity index (χ3v) is 2.60. The molecular weight excluding hydrogens is 178 g/mol. The second-order valence-electron chi connectivity index (χ2n) is 4.44. The summed E-state index contributed by atoms with van der Waals surface area (Å²) in [6.07, 6.45) is 2.67. The molecule has 0 aromatic heterocycles. The number of carbonyl (C=O) groups is 1. The van der Waals surface area contributed by atoms with Crippen LogP contribution in [-0.2, 0) is 9.53 Å². The molecule has 0 bridgehead atoms. The van der Waals surface area contributed by atoms with Crippen LogP contribution in [0.15, 0.2) is 0 Å². The highest BCUT2D eigenvalue weighted by atomic mass is 16.5. The summed E-state index contributed by atoms with van der Waals surface area (Å²) in [5, 5.41) is 0. The van der Waals surface area contributed by atoms with Gasteiger partial charge in [-0.3, -0.25) is 9.69 Å². The van der Waals surface area contributed by atoms with E-state index in [1.807, 2.05) is 0 Å². The molecule has 0 unspecified atom stereocenters. The molecule has 0 spiro atoms. The van der Waals surface area contributed by atoms with Crippen molar-refractivity contribution in [3.05, 3.63) is 0 Å². The molecule has 1 rings (SSSR count). The maximum absolute atomic E-state index is 11.4. The predicted octanol–water partition coefficient (Wildman–Crippen LogP) is 1.32. The number of carbonyl (C=O) groups excluding carboxylic acids is 1. The van der Waals surface area contributed by atoms with E-state index in [-0.39, 0.29) is 12.4 Å². The summed E-state index contributed by atoms with van der Waals surface area (Å²) in [7, 11) is 1.57. The standard InChI is InChI=1S/C11H21NO2/c1-9(2)12(6-10-4-5-10)7-11(13)8-14-3/h9-10H,4-8H2,1-3H3. The molecule has 0 atom stereocenters. The summed E-state index contributed by atoms with van der Waals surface area (Å²) in [6.45, 7) is 6.15. The molecule has 0 aliphatic heterocycles. The van der Waals surface area contributed by atoms with Crippen LogP contribution in [0.1, 0.15) is 26.7 Å². The van der Waals surface area contributed by atoms with Crippen LogP contribution in [-0.4, -0.2) is 43.5 Å². The van der Waals surface area contributed by atoms with Gasteiger partial charge in [0.15, 0.2) is 5.78 Å². The van der Waals surface area contributed by atoms with Crippen molar-refractivity contribution in [1.82, 2.24) is 4.90 Å². The SMILES string of the molecule is COCC(=O)CN(CC1CC1)C(C)C. The second kappa shape index (κ2) is 5.47. The molecule has 1 aliphatic rings. The van der Waals surface area contributed by atoms with Crippen molar-refractivity contribution in [2.24, 2.45) is 5.92 Å². The fourth-order valence-electron chi connectivity index (χ4n) is 1.52. The van der Waals surface area contributed by atoms with Crippen LogP contribution in [0, 0.1) is 5.92 Å². The van der Waals surface area contributed by atoms with Crippen LogP contribution in [0.5, 0.6) is 0 Å². The molecule has 14 heavy (non-hydrogen) atoms. The van der Waals surface area contributed by atoms with Gasteiger partial charge in [-0.05, 0) is 32.6 Å². The van der Waals surface area contributed by atoms with E-state index in [0.29, 0.717) is 12.6 Å². The Bertz CT molecular complexity index is 188. The number of hydrogen-bond donors (Lipinski definition) is 0. The number of rotatable bonds is 7. The molecule has 0 amide bonds. The normalized spacial score (nSPS) is 16.6. The number of hydrogen-bond acceptors (Lipinski definition) is 3. The lowest BCUT2D eigenvalue weighted by molar-refractivity contribution is -0.124. The molecule has 1 fully saturated rings. The van der Waals surface area contributed by atoms with E-state index >= 15 is 0 Å². The Morgan fingerprint density at radius 1 is 1.50 bits per heavy atom. The highest BCUT2D eigenvalue weighted by Crippen LogP contribution is 2.30. The van der Waals surface area contributed by atoms with E-state index in [1.54, 1.807) is 7.11 Å². The lowest BCUT2D eigenvalue weighted by Gasteiger charge is -2.25. The summed E-state index contributed by atoms with van der Waals surface area (Å²) in [5.41, 5.74) is 0. The molecule has 0 radical (unpaired) electrons. The first-order valence-electron chi connectivity index (χ1n) is 5.38. The van der Waals surface area contributed by atoms with Crippen molar-refractivity contribution >= 4 is 5.78 Å². The minimum atomic E-state index is 0.182. The molecule has 1 saturated carbocycles. The van der Waals surface area contributed by atoms with E-state index < -0.39 is 0 Å². The molecule has 82 valence electrons. The summed E-state index contributed by atoms with van der Waals surface area (Å²) in [6, 6.07) is 0.455. The van der Waals surface area contributed by atoms with E-state index in [2.05, 4.69) is 18.7 Å². The van der Waals surface area contributed by atoms with Gasteiger partial charge in [0.05, 0.1) is 6.54 Å². The van der Waals surface area contributed by atoms with Gasteiger partial charge in [0.25, 0.3) is 0 Å². The van der Waals surface area contributed by atoms with E-state index in [0.717, 1.165) is 12.5 Å². The van der Waals surface area contributed by atoms with Gasteiger partial charge in [-0.2, -0.15) is 0 Å². The lowest BCUT2D eigenvalue weighted by Crippen LogP contribution is -2.38. The molecule has 0 aromatic rings. The number of methoxy groups -OCH3 is 1. The van der Waals surface area contributed by atoms with Gasteiger partial charge in [-0.25, -0.2) is 0 Å². The molecule has 0 heterocycles. The van der Waals surface area contributed by atoms with Gasteiger partial charge < -0.3 is 4.74 Å². The Morgan fingerprint density at radius 3 is 2.57 bits per heavy atom. The van der Waals surface area contributed by atoms with Crippen LogP contribution >= 0.6 is 0 Å². The Morgan fingerprint density at radius 2 is 2.14 bits per heavy atom. The fraction of sp³-hybridized carbons (Fsp3) is 0.909. The summed E-state index contributed by atoms with van der Waals surface area (Å²) < 4.78 is 4.83. The maximum Gasteiger partial charge on any atom is 0.172 e. The minimum Gasteiger partial charge on any atom is -0.377 e. The van der Waals surface area contributed by atoms with Crippen molar-refractivity contribution in [3.8, 4) is 0 Å². The van der Waals surface area contributed by atoms with Gasteiger partial charge in [-0.15, -0.1) is 0 Å². The largest absolute Gasteiger partial charge is 0.377 e. The Kier molecular flexibility index (Phi) is 4.55. The highest BCUT2D eigenvalue weighted by molar-refractivity contribution is 5.81. The molecule has 1 aliphatic carbocycles. The van der Waals surface area contributed by atoms with Crippen LogP contribution < -0.4 is 0 Å². The third kappa shape index (κ3) is 4.20. The van der Waals surface area contributed by atoms with Gasteiger partial charge >= 0.3 is 0 Å². The number of ketones is 1. The van der Waals surface area contributed by atoms with Gasteiger partial charge in [0, 0.05) is 19.7 Å². The van der Waals surface area contributed by atoms with Crippen LogP contribution in [0.25, 0.3) is 0 Å². The van der Waals surface area contributed by atoms with E-state index in [9.17, 15) is 4.79 Å². The first kappa shape index (κ1) is 11.7. The van der Waals surface area contributed by atoms with Crippen molar-refractivity contribution < 1.29 is 9.53 Å². The topological polar surface area (TPSA) is 29.5 Å². The highest BCUT2D eigenvalue weighted by Gasteiger charge is 2.26. The van der Waals surface area contributed by atoms with E-state index in [4.69, 9.17) is 4.74 Å². The first-order chi connectivity index (χ1) is 6.63. The number of Topliss-reactive ketones (excluding diaryl/α,β-unsaturated/α-hetero) is 1. The molecule has 3 heteroatoms. The third-order valence-electron chi connectivity index (χ3n) is 2.60. The lowest BCUT2D eigenvalue weighted by atomic mass is 10.2. The number of ether oxygens (including phenoxy) is 1. The monoisotopic (exact) mass is 199 g/mol. The van der Waals surface area contributed by atoms with Gasteiger partial charge in [-0.1, -0.05) is 0 Å². The van der Waals surface area contributed by atoms with Crippen LogP contribution in [0.2, 0.25) is 0 Å². The van der Waals surface area contributed by atoms with Crippen molar-refractivity contribution in [3.63, 3.8) is 0 Å². The zero-order valence-electron chi connectivity index (χ0n) is 9.45. The quantitative estimate of drug-likeness (QED) is 0.619. The zero-order chi connectivity index (χ0) is 10.6. The molecule has 0 aromatic carbocycles. The zero-order valence-corrected chi connectivity index (χ0v) is 9.45. The molecule has 3 nitrogen and oxygen atoms in total. The second-order valence-corrected chi connectivity index (χ2v) is 4.44. The van der Waals surface area contributed by atoms with Crippen LogP contribution in [0.4, 0.5) is 0 Å². The number of nitrogens with zero attached hydrogens (tertiary/aromatic N) is 1. The fourth-order valence-corrected chi connectivity index (χ4v) is 1.52. The first-order valence-corrected chi connectivity index (χ1v) is 5.38. The summed E-state index contributed by atoms with van der Waals surface area (Å²) in [5.74, 6) is 1.02. The van der Waals surface area contributed by atoms with Crippen LogP contribution in [0.3, 0.4) is 0 Å². The maximum atomic E-state index is 11.4. The smallest absolute Gasteiger partial charge is 0.172 e. The predicted molar refractivity (Wildman–Crippen MR) is 56.3 cm³/mol. The average Bonchev–Trinajstić information content (AvgIpc) is 2.87. The molecule has 0 N–H and O–H groups in total. The van der Waals surface area contributed by atoms with Crippen molar-refractivity contribution in [1.29, 1.82) is 0 Å². The summed E-state index contributed by atoms with van der Waals surface area (Å²) >= 11 is 0.